The fourth-order valence-electron chi connectivity index (χ4n) is 2.33. The summed E-state index contributed by atoms with van der Waals surface area (Å²) in [5.41, 5.74) is -0.933. The predicted molar refractivity (Wildman–Crippen MR) is 75.0 cm³/mol. The van der Waals surface area contributed by atoms with Crippen LogP contribution in [0, 0.1) is 0 Å². The zero-order valence-electron chi connectivity index (χ0n) is 12.3. The zero-order valence-corrected chi connectivity index (χ0v) is 12.3. The van der Waals surface area contributed by atoms with E-state index in [1.165, 1.54) is 12.1 Å². The summed E-state index contributed by atoms with van der Waals surface area (Å²) in [6, 6.07) is 3.88. The topological polar surface area (TPSA) is 67.8 Å². The van der Waals surface area contributed by atoms with Crippen LogP contribution < -0.4 is 5.32 Å². The molecule has 1 aromatic carbocycles. The van der Waals surface area contributed by atoms with Crippen molar-refractivity contribution in [1.29, 1.82) is 0 Å². The Morgan fingerprint density at radius 1 is 1.43 bits per heavy atom. The van der Waals surface area contributed by atoms with Gasteiger partial charge in [-0.05, 0) is 24.6 Å². The highest BCUT2D eigenvalue weighted by Gasteiger charge is 2.32. The van der Waals surface area contributed by atoms with Gasteiger partial charge in [0.2, 0.25) is 0 Å². The average molecular weight is 333 g/mol. The van der Waals surface area contributed by atoms with Crippen LogP contribution in [0.2, 0.25) is 0 Å². The van der Waals surface area contributed by atoms with Crippen LogP contribution in [0.3, 0.4) is 0 Å². The van der Waals surface area contributed by atoms with Gasteiger partial charge in [0.1, 0.15) is 6.10 Å². The van der Waals surface area contributed by atoms with E-state index in [1.807, 2.05) is 0 Å². The molecule has 128 valence electrons. The molecule has 0 saturated carbocycles. The van der Waals surface area contributed by atoms with E-state index in [-0.39, 0.29) is 31.4 Å². The molecule has 23 heavy (non-hydrogen) atoms. The molecule has 0 aromatic heterocycles. The molecular weight excluding hydrogens is 315 g/mol. The average Bonchev–Trinajstić information content (AvgIpc) is 2.53. The van der Waals surface area contributed by atoms with Gasteiger partial charge in [0, 0.05) is 12.2 Å². The fraction of sp³-hybridized carbons (Fsp3) is 0.533. The normalized spacial score (nSPS) is 21.9. The number of carbonyl (C=O) groups is 1. The maximum Gasteiger partial charge on any atom is 0.416 e. The number of aliphatic hydroxyl groups is 1. The lowest BCUT2D eigenvalue weighted by molar-refractivity contribution is -0.137. The third-order valence-electron chi connectivity index (χ3n) is 3.50. The van der Waals surface area contributed by atoms with Crippen LogP contribution in [0.25, 0.3) is 0 Å². The SMILES string of the molecule is O=C(N[C@@H]1CCOC[C@H]1OCCO)c1cccc(C(F)(F)F)c1. The number of hydrogen-bond donors (Lipinski definition) is 2. The third-order valence-corrected chi connectivity index (χ3v) is 3.50. The molecule has 0 spiro atoms. The van der Waals surface area contributed by atoms with Gasteiger partial charge in [0.15, 0.2) is 0 Å². The quantitative estimate of drug-likeness (QED) is 0.859. The monoisotopic (exact) mass is 333 g/mol. The van der Waals surface area contributed by atoms with Crippen molar-refractivity contribution in [3.8, 4) is 0 Å². The molecule has 1 fully saturated rings. The summed E-state index contributed by atoms with van der Waals surface area (Å²) in [5, 5.41) is 11.5. The van der Waals surface area contributed by atoms with Crippen LogP contribution in [0.15, 0.2) is 24.3 Å². The van der Waals surface area contributed by atoms with Crippen LogP contribution in [0.5, 0.6) is 0 Å². The van der Waals surface area contributed by atoms with Crippen LogP contribution in [0.4, 0.5) is 13.2 Å². The number of alkyl halides is 3. The maximum atomic E-state index is 12.7. The molecule has 1 saturated heterocycles. The molecule has 2 N–H and O–H groups in total. The summed E-state index contributed by atoms with van der Waals surface area (Å²) < 4.78 is 48.7. The van der Waals surface area contributed by atoms with E-state index in [4.69, 9.17) is 14.6 Å². The summed E-state index contributed by atoms with van der Waals surface area (Å²) in [7, 11) is 0. The first-order valence-corrected chi connectivity index (χ1v) is 7.20. The van der Waals surface area contributed by atoms with Crippen molar-refractivity contribution in [2.45, 2.75) is 24.7 Å². The molecule has 0 aliphatic carbocycles. The molecule has 1 aromatic rings. The van der Waals surface area contributed by atoms with Gasteiger partial charge in [-0.25, -0.2) is 0 Å². The number of benzene rings is 1. The van der Waals surface area contributed by atoms with Gasteiger partial charge in [-0.3, -0.25) is 4.79 Å². The van der Waals surface area contributed by atoms with Gasteiger partial charge in [0.05, 0.1) is 31.4 Å². The molecule has 1 aliphatic rings. The Labute approximate surface area is 131 Å². The number of amides is 1. The number of nitrogens with one attached hydrogen (secondary N) is 1. The molecule has 2 rings (SSSR count). The van der Waals surface area contributed by atoms with Gasteiger partial charge in [-0.15, -0.1) is 0 Å². The Hall–Kier alpha value is -1.64. The molecule has 0 bridgehead atoms. The molecule has 1 aliphatic heterocycles. The summed E-state index contributed by atoms with van der Waals surface area (Å²) in [6.07, 6.45) is -4.45. The first-order chi connectivity index (χ1) is 10.9. The first kappa shape index (κ1) is 17.7. The number of aliphatic hydroxyl groups excluding tert-OH is 1. The van der Waals surface area contributed by atoms with Crippen molar-refractivity contribution in [3.63, 3.8) is 0 Å². The lowest BCUT2D eigenvalue weighted by Gasteiger charge is -2.32. The smallest absolute Gasteiger partial charge is 0.394 e. The van der Waals surface area contributed by atoms with Crippen molar-refractivity contribution < 1.29 is 32.5 Å². The fourth-order valence-corrected chi connectivity index (χ4v) is 2.33. The Kier molecular flexibility index (Phi) is 5.97. The standard InChI is InChI=1S/C15H18F3NO4/c16-15(17,18)11-3-1-2-10(8-11)14(21)19-12-4-6-22-9-13(12)23-7-5-20/h1-3,8,12-13,20H,4-7,9H2,(H,19,21)/t12-,13-/m1/s1. The highest BCUT2D eigenvalue weighted by atomic mass is 19.4. The molecule has 0 unspecified atom stereocenters. The van der Waals surface area contributed by atoms with Crippen molar-refractivity contribution in [2.75, 3.05) is 26.4 Å². The second-order valence-electron chi connectivity index (χ2n) is 5.15. The summed E-state index contributed by atoms with van der Waals surface area (Å²) >= 11 is 0. The van der Waals surface area contributed by atoms with Crippen molar-refractivity contribution >= 4 is 5.91 Å². The number of ether oxygens (including phenoxy) is 2. The van der Waals surface area contributed by atoms with E-state index < -0.39 is 23.8 Å². The van der Waals surface area contributed by atoms with E-state index in [0.717, 1.165) is 12.1 Å². The van der Waals surface area contributed by atoms with Gasteiger partial charge in [-0.2, -0.15) is 13.2 Å². The van der Waals surface area contributed by atoms with Crippen LogP contribution >= 0.6 is 0 Å². The van der Waals surface area contributed by atoms with E-state index >= 15 is 0 Å². The molecular formula is C15H18F3NO4. The minimum atomic E-state index is -4.50. The molecule has 0 radical (unpaired) electrons. The summed E-state index contributed by atoms with van der Waals surface area (Å²) in [6.45, 7) is 0.620. The second kappa shape index (κ2) is 7.76. The highest BCUT2D eigenvalue weighted by molar-refractivity contribution is 5.94. The number of carbonyl (C=O) groups excluding carboxylic acids is 1. The molecule has 2 atom stereocenters. The number of halogens is 3. The van der Waals surface area contributed by atoms with Crippen LogP contribution in [-0.4, -0.2) is 49.6 Å². The van der Waals surface area contributed by atoms with Crippen molar-refractivity contribution in [1.82, 2.24) is 5.32 Å². The lowest BCUT2D eigenvalue weighted by atomic mass is 10.0. The molecule has 8 heteroatoms. The summed E-state index contributed by atoms with van der Waals surface area (Å²) in [4.78, 5) is 12.2. The van der Waals surface area contributed by atoms with E-state index in [2.05, 4.69) is 5.32 Å². The van der Waals surface area contributed by atoms with E-state index in [1.54, 1.807) is 0 Å². The van der Waals surface area contributed by atoms with Crippen LogP contribution in [0.1, 0.15) is 22.3 Å². The van der Waals surface area contributed by atoms with E-state index in [0.29, 0.717) is 13.0 Å². The number of rotatable bonds is 5. The van der Waals surface area contributed by atoms with Gasteiger partial charge in [-0.1, -0.05) is 6.07 Å². The van der Waals surface area contributed by atoms with E-state index in [9.17, 15) is 18.0 Å². The zero-order chi connectivity index (χ0) is 16.9. The van der Waals surface area contributed by atoms with Crippen LogP contribution in [-0.2, 0) is 15.7 Å². The Morgan fingerprint density at radius 3 is 2.91 bits per heavy atom. The largest absolute Gasteiger partial charge is 0.416 e. The van der Waals surface area contributed by atoms with Gasteiger partial charge >= 0.3 is 6.18 Å². The van der Waals surface area contributed by atoms with Crippen molar-refractivity contribution in [2.24, 2.45) is 0 Å². The minimum Gasteiger partial charge on any atom is -0.394 e. The highest BCUT2D eigenvalue weighted by Crippen LogP contribution is 2.29. The molecule has 1 heterocycles. The van der Waals surface area contributed by atoms with Gasteiger partial charge in [0.25, 0.3) is 5.91 Å². The Bertz CT molecular complexity index is 536. The lowest BCUT2D eigenvalue weighted by Crippen LogP contribution is -2.50. The first-order valence-electron chi connectivity index (χ1n) is 7.20. The summed E-state index contributed by atoms with van der Waals surface area (Å²) in [5.74, 6) is -0.597. The molecule has 5 nitrogen and oxygen atoms in total. The third kappa shape index (κ3) is 4.92. The second-order valence-corrected chi connectivity index (χ2v) is 5.15. The Balaban J connectivity index is 2.05. The minimum absolute atomic E-state index is 0.0628. The molecule has 1 amide bonds. The van der Waals surface area contributed by atoms with Crippen molar-refractivity contribution in [3.05, 3.63) is 35.4 Å². The maximum absolute atomic E-state index is 12.7. The van der Waals surface area contributed by atoms with Gasteiger partial charge < -0.3 is 19.9 Å². The number of hydrogen-bond acceptors (Lipinski definition) is 4. The Morgan fingerprint density at radius 2 is 2.22 bits per heavy atom. The predicted octanol–water partition coefficient (Wildman–Crippen LogP) is 1.60.